The lowest BCUT2D eigenvalue weighted by Crippen LogP contribution is -2.06. The smallest absolute Gasteiger partial charge is 0.305 e. The lowest BCUT2D eigenvalue weighted by atomic mass is 10.3. The molecule has 0 fully saturated rings. The van der Waals surface area contributed by atoms with Gasteiger partial charge >= 0.3 is 5.97 Å². The summed E-state index contributed by atoms with van der Waals surface area (Å²) in [6.45, 7) is 1.23. The van der Waals surface area contributed by atoms with Gasteiger partial charge in [-0.25, -0.2) is 0 Å². The number of hydrogen-bond acceptors (Lipinski definition) is 5. The number of hydrogen-bond donors (Lipinski definition) is 0. The van der Waals surface area contributed by atoms with Crippen LogP contribution in [0.1, 0.15) is 12.8 Å². The summed E-state index contributed by atoms with van der Waals surface area (Å²) in [7, 11) is -0.742. The molecule has 0 aliphatic carbocycles. The summed E-state index contributed by atoms with van der Waals surface area (Å²) in [6, 6.07) is 0. The summed E-state index contributed by atoms with van der Waals surface area (Å²) >= 11 is 0. The second-order valence-electron chi connectivity index (χ2n) is 2.50. The Morgan fingerprint density at radius 1 is 1.23 bits per heavy atom. The fraction of sp³-hybridized carbons (Fsp3) is 0.714. The van der Waals surface area contributed by atoms with Gasteiger partial charge in [0.25, 0.3) is 7.37 Å². The van der Waals surface area contributed by atoms with Crippen LogP contribution < -0.4 is 0 Å². The maximum Gasteiger partial charge on any atom is 0.305 e. The molecule has 0 aromatic carbocycles. The Kier molecular flexibility index (Phi) is 4.88. The monoisotopic (exact) mass is 208 g/mol. The lowest BCUT2D eigenvalue weighted by molar-refractivity contribution is -0.141. The lowest BCUT2D eigenvalue weighted by Gasteiger charge is -2.07. The maximum atomic E-state index is 11.3. The molecule has 0 bridgehead atoms. The van der Waals surface area contributed by atoms with Crippen LogP contribution in [-0.2, 0) is 23.4 Å². The molecule has 1 atom stereocenters. The van der Waals surface area contributed by atoms with E-state index in [0.29, 0.717) is 0 Å². The van der Waals surface area contributed by atoms with E-state index in [1.807, 2.05) is 0 Å². The third kappa shape index (κ3) is 4.20. The highest BCUT2D eigenvalue weighted by molar-refractivity contribution is 7.75. The Balaban J connectivity index is 4.03. The summed E-state index contributed by atoms with van der Waals surface area (Å²) in [4.78, 5) is 21.7. The van der Waals surface area contributed by atoms with Crippen LogP contribution in [0.25, 0.3) is 0 Å². The van der Waals surface area contributed by atoms with E-state index < -0.39 is 18.9 Å². The molecule has 0 aliphatic rings. The minimum Gasteiger partial charge on any atom is -0.469 e. The molecular weight excluding hydrogens is 195 g/mol. The fourth-order valence-corrected chi connectivity index (χ4v) is 1.34. The molecule has 0 aliphatic heterocycles. The highest BCUT2D eigenvalue weighted by atomic mass is 31.2. The van der Waals surface area contributed by atoms with Gasteiger partial charge in [0.1, 0.15) is 0 Å². The van der Waals surface area contributed by atoms with E-state index in [9.17, 15) is 14.2 Å². The van der Waals surface area contributed by atoms with Gasteiger partial charge in [0.2, 0.25) is 5.52 Å². The minimum absolute atomic E-state index is 0.0590. The second-order valence-corrected chi connectivity index (χ2v) is 5.05. The standard InChI is InChI=1S/C7H13O5P/c1-11-6(8)4-5-7(9)13(3,10)12-2/h4-5H2,1-3H3. The van der Waals surface area contributed by atoms with Crippen LogP contribution in [0, 0.1) is 0 Å². The first kappa shape index (κ1) is 12.3. The van der Waals surface area contributed by atoms with E-state index in [4.69, 9.17) is 0 Å². The molecule has 0 radical (unpaired) electrons. The van der Waals surface area contributed by atoms with E-state index in [1.54, 1.807) is 0 Å². The van der Waals surface area contributed by atoms with Crippen molar-refractivity contribution in [1.82, 2.24) is 0 Å². The third-order valence-corrected chi connectivity index (χ3v) is 3.40. The van der Waals surface area contributed by atoms with Crippen LogP contribution in [-0.4, -0.2) is 32.4 Å². The SMILES string of the molecule is COC(=O)CCC(=O)P(C)(=O)OC. The van der Waals surface area contributed by atoms with Gasteiger partial charge in [0.15, 0.2) is 0 Å². The fourth-order valence-electron chi connectivity index (χ4n) is 0.616. The van der Waals surface area contributed by atoms with Crippen molar-refractivity contribution in [3.8, 4) is 0 Å². The van der Waals surface area contributed by atoms with Gasteiger partial charge in [-0.3, -0.25) is 14.2 Å². The normalized spacial score (nSPS) is 14.7. The van der Waals surface area contributed by atoms with Crippen LogP contribution in [0.5, 0.6) is 0 Å². The van der Waals surface area contributed by atoms with Gasteiger partial charge in [-0.05, 0) is 0 Å². The highest BCUT2D eigenvalue weighted by Crippen LogP contribution is 2.43. The third-order valence-electron chi connectivity index (χ3n) is 1.57. The molecular formula is C7H13O5P. The van der Waals surface area contributed by atoms with Crippen LogP contribution >= 0.6 is 7.37 Å². The predicted octanol–water partition coefficient (Wildman–Crippen LogP) is 1.02. The first-order chi connectivity index (χ1) is 5.94. The van der Waals surface area contributed by atoms with E-state index in [-0.39, 0.29) is 12.8 Å². The van der Waals surface area contributed by atoms with Gasteiger partial charge in [-0.2, -0.15) is 0 Å². The molecule has 0 saturated heterocycles. The van der Waals surface area contributed by atoms with Crippen molar-refractivity contribution in [3.63, 3.8) is 0 Å². The Labute approximate surface area is 76.9 Å². The largest absolute Gasteiger partial charge is 0.469 e. The number of carbonyl (C=O) groups is 2. The van der Waals surface area contributed by atoms with Crippen molar-refractivity contribution in [2.75, 3.05) is 20.9 Å². The van der Waals surface area contributed by atoms with Crippen molar-refractivity contribution in [2.24, 2.45) is 0 Å². The summed E-state index contributed by atoms with van der Waals surface area (Å²) < 4.78 is 20.1. The summed E-state index contributed by atoms with van der Waals surface area (Å²) in [5.41, 5.74) is -0.541. The van der Waals surface area contributed by atoms with Crippen LogP contribution in [0.4, 0.5) is 0 Å². The van der Waals surface area contributed by atoms with Crippen molar-refractivity contribution < 1.29 is 23.4 Å². The molecule has 0 N–H and O–H groups in total. The number of methoxy groups -OCH3 is 1. The van der Waals surface area contributed by atoms with Gasteiger partial charge in [-0.15, -0.1) is 0 Å². The van der Waals surface area contributed by atoms with Gasteiger partial charge < -0.3 is 9.26 Å². The Hall–Kier alpha value is -0.670. The molecule has 0 aromatic heterocycles. The predicted molar refractivity (Wildman–Crippen MR) is 46.8 cm³/mol. The van der Waals surface area contributed by atoms with Crippen molar-refractivity contribution in [2.45, 2.75) is 12.8 Å². The Bertz CT molecular complexity index is 247. The van der Waals surface area contributed by atoms with E-state index in [0.717, 1.165) is 0 Å². The maximum absolute atomic E-state index is 11.3. The zero-order valence-electron chi connectivity index (χ0n) is 7.90. The van der Waals surface area contributed by atoms with Crippen LogP contribution in [0.3, 0.4) is 0 Å². The highest BCUT2D eigenvalue weighted by Gasteiger charge is 2.25. The Morgan fingerprint density at radius 2 is 1.77 bits per heavy atom. The topological polar surface area (TPSA) is 69.7 Å². The van der Waals surface area contributed by atoms with Crippen molar-refractivity contribution >= 4 is 18.9 Å². The molecule has 0 aromatic rings. The molecule has 13 heavy (non-hydrogen) atoms. The molecule has 0 saturated carbocycles. The van der Waals surface area contributed by atoms with Gasteiger partial charge in [0, 0.05) is 20.2 Å². The minimum atomic E-state index is -3.18. The molecule has 0 rings (SSSR count). The summed E-state index contributed by atoms with van der Waals surface area (Å²) in [6.07, 6.45) is -0.162. The molecule has 1 unspecified atom stereocenters. The number of rotatable bonds is 5. The van der Waals surface area contributed by atoms with Gasteiger partial charge in [-0.1, -0.05) is 0 Å². The zero-order valence-corrected chi connectivity index (χ0v) is 8.80. The molecule has 0 heterocycles. The molecule has 0 spiro atoms. The average molecular weight is 208 g/mol. The molecule has 6 heteroatoms. The van der Waals surface area contributed by atoms with Gasteiger partial charge in [0.05, 0.1) is 13.5 Å². The first-order valence-corrected chi connectivity index (χ1v) is 5.74. The first-order valence-electron chi connectivity index (χ1n) is 3.67. The summed E-state index contributed by atoms with van der Waals surface area (Å²) in [5, 5.41) is 0. The van der Waals surface area contributed by atoms with E-state index >= 15 is 0 Å². The molecule has 0 amide bonds. The van der Waals surface area contributed by atoms with Crippen LogP contribution in [0.2, 0.25) is 0 Å². The number of esters is 1. The molecule has 5 nitrogen and oxygen atoms in total. The van der Waals surface area contributed by atoms with Crippen molar-refractivity contribution in [1.29, 1.82) is 0 Å². The van der Waals surface area contributed by atoms with E-state index in [1.165, 1.54) is 20.9 Å². The summed E-state index contributed by atoms with van der Waals surface area (Å²) in [5.74, 6) is -0.496. The van der Waals surface area contributed by atoms with Crippen LogP contribution in [0.15, 0.2) is 0 Å². The second kappa shape index (κ2) is 5.14. The molecule has 76 valence electrons. The van der Waals surface area contributed by atoms with Crippen molar-refractivity contribution in [3.05, 3.63) is 0 Å². The zero-order chi connectivity index (χ0) is 10.5. The average Bonchev–Trinajstić information content (AvgIpc) is 2.13. The Morgan fingerprint density at radius 3 is 2.15 bits per heavy atom. The number of carbonyl (C=O) groups excluding carboxylic acids is 2. The number of ether oxygens (including phenoxy) is 1. The quantitative estimate of drug-likeness (QED) is 0.498. The van der Waals surface area contributed by atoms with E-state index in [2.05, 4.69) is 9.26 Å².